The average molecular weight is 416 g/mol. The molecule has 0 radical (unpaired) electrons. The smallest absolute Gasteiger partial charge is 0.262 e. The van der Waals surface area contributed by atoms with Crippen LogP contribution in [0.1, 0.15) is 15.2 Å². The van der Waals surface area contributed by atoms with Crippen LogP contribution >= 0.6 is 11.3 Å². The lowest BCUT2D eigenvalue weighted by Crippen LogP contribution is -2.38. The first-order chi connectivity index (χ1) is 14.1. The van der Waals surface area contributed by atoms with Crippen molar-refractivity contribution in [2.75, 3.05) is 26.8 Å². The SMILES string of the molecule is COCCNC(=O)CNC(=O)c1sc2cccc(F)c2c1COc1ccccc1. The standard InChI is InChI=1S/C21H21FN2O4S/c1-27-11-10-23-18(25)12-24-21(26)20-15(13-28-14-6-3-2-4-7-14)19-16(22)8-5-9-17(19)29-20/h2-9H,10-13H2,1H3,(H,23,25)(H,24,26). The van der Waals surface area contributed by atoms with Gasteiger partial charge in [-0.2, -0.15) is 0 Å². The van der Waals surface area contributed by atoms with Gasteiger partial charge in [-0.3, -0.25) is 9.59 Å². The molecule has 29 heavy (non-hydrogen) atoms. The van der Waals surface area contributed by atoms with E-state index in [4.69, 9.17) is 9.47 Å². The molecule has 2 N–H and O–H groups in total. The minimum Gasteiger partial charge on any atom is -0.489 e. The zero-order chi connectivity index (χ0) is 20.6. The number of carbonyl (C=O) groups is 2. The fourth-order valence-corrected chi connectivity index (χ4v) is 3.89. The van der Waals surface area contributed by atoms with Gasteiger partial charge in [0.05, 0.1) is 18.0 Å². The number of nitrogens with one attached hydrogen (secondary N) is 2. The number of methoxy groups -OCH3 is 1. The van der Waals surface area contributed by atoms with E-state index in [-0.39, 0.29) is 19.1 Å². The Morgan fingerprint density at radius 3 is 2.62 bits per heavy atom. The molecule has 0 aliphatic rings. The van der Waals surface area contributed by atoms with E-state index in [0.717, 1.165) is 0 Å². The lowest BCUT2D eigenvalue weighted by atomic mass is 10.1. The molecule has 3 rings (SSSR count). The Kier molecular flexibility index (Phi) is 7.15. The van der Waals surface area contributed by atoms with E-state index in [0.29, 0.717) is 39.4 Å². The Hall–Kier alpha value is -2.97. The molecule has 2 aromatic carbocycles. The Labute approximate surface area is 171 Å². The van der Waals surface area contributed by atoms with Gasteiger partial charge in [-0.1, -0.05) is 24.3 Å². The summed E-state index contributed by atoms with van der Waals surface area (Å²) in [6, 6.07) is 13.8. The van der Waals surface area contributed by atoms with Crippen molar-refractivity contribution in [3.05, 3.63) is 64.8 Å². The molecular weight excluding hydrogens is 395 g/mol. The number of fused-ring (bicyclic) bond motifs is 1. The number of amides is 2. The second-order valence-corrected chi connectivity index (χ2v) is 7.20. The van der Waals surface area contributed by atoms with Crippen molar-refractivity contribution in [2.24, 2.45) is 0 Å². The molecule has 0 aliphatic carbocycles. The fraction of sp³-hybridized carbons (Fsp3) is 0.238. The summed E-state index contributed by atoms with van der Waals surface area (Å²) in [6.07, 6.45) is 0. The molecule has 0 bridgehead atoms. The third kappa shape index (κ3) is 5.30. The summed E-state index contributed by atoms with van der Waals surface area (Å²) in [4.78, 5) is 24.8. The number of carbonyl (C=O) groups excluding carboxylic acids is 2. The van der Waals surface area contributed by atoms with Crippen LogP contribution < -0.4 is 15.4 Å². The zero-order valence-electron chi connectivity index (χ0n) is 15.9. The van der Waals surface area contributed by atoms with E-state index < -0.39 is 11.7 Å². The maximum atomic E-state index is 14.5. The molecule has 0 saturated heterocycles. The van der Waals surface area contributed by atoms with E-state index in [1.165, 1.54) is 24.5 Å². The van der Waals surface area contributed by atoms with E-state index in [1.54, 1.807) is 24.3 Å². The minimum absolute atomic E-state index is 0.0355. The first-order valence-electron chi connectivity index (χ1n) is 9.01. The first-order valence-corrected chi connectivity index (χ1v) is 9.83. The molecule has 0 aliphatic heterocycles. The zero-order valence-corrected chi connectivity index (χ0v) is 16.7. The molecule has 1 heterocycles. The van der Waals surface area contributed by atoms with E-state index in [2.05, 4.69) is 10.6 Å². The fourth-order valence-electron chi connectivity index (χ4n) is 2.76. The second kappa shape index (κ2) is 9.99. The van der Waals surface area contributed by atoms with Gasteiger partial charge in [0.15, 0.2) is 0 Å². The van der Waals surface area contributed by atoms with Crippen molar-refractivity contribution >= 4 is 33.2 Å². The first kappa shape index (κ1) is 20.8. The summed E-state index contributed by atoms with van der Waals surface area (Å²) >= 11 is 1.17. The molecule has 0 fully saturated rings. The van der Waals surface area contributed by atoms with E-state index in [1.807, 2.05) is 18.2 Å². The molecule has 6 nitrogen and oxygen atoms in total. The molecule has 152 valence electrons. The number of para-hydroxylation sites is 1. The lowest BCUT2D eigenvalue weighted by Gasteiger charge is -2.09. The van der Waals surface area contributed by atoms with E-state index in [9.17, 15) is 14.0 Å². The van der Waals surface area contributed by atoms with E-state index >= 15 is 0 Å². The number of hydrogen-bond acceptors (Lipinski definition) is 5. The topological polar surface area (TPSA) is 76.7 Å². The quantitative estimate of drug-likeness (QED) is 0.526. The van der Waals surface area contributed by atoms with Crippen molar-refractivity contribution in [2.45, 2.75) is 6.61 Å². The van der Waals surface area contributed by atoms with Gasteiger partial charge in [-0.05, 0) is 24.3 Å². The third-order valence-corrected chi connectivity index (χ3v) is 5.33. The van der Waals surface area contributed by atoms with Gasteiger partial charge in [0.1, 0.15) is 18.2 Å². The van der Waals surface area contributed by atoms with Gasteiger partial charge in [0.25, 0.3) is 5.91 Å². The van der Waals surface area contributed by atoms with Gasteiger partial charge < -0.3 is 20.1 Å². The number of rotatable bonds is 9. The van der Waals surface area contributed by atoms with Crippen molar-refractivity contribution in [1.29, 1.82) is 0 Å². The van der Waals surface area contributed by atoms with Crippen molar-refractivity contribution in [1.82, 2.24) is 10.6 Å². The van der Waals surface area contributed by atoms with Crippen LogP contribution in [0.15, 0.2) is 48.5 Å². The van der Waals surface area contributed by atoms with Crippen LogP contribution in [-0.4, -0.2) is 38.6 Å². The normalized spacial score (nSPS) is 10.7. The Morgan fingerprint density at radius 2 is 1.86 bits per heavy atom. The maximum absolute atomic E-state index is 14.5. The number of benzene rings is 2. The van der Waals surface area contributed by atoms with Crippen LogP contribution in [0.4, 0.5) is 4.39 Å². The van der Waals surface area contributed by atoms with Crippen molar-refractivity contribution in [3.8, 4) is 5.75 Å². The van der Waals surface area contributed by atoms with Crippen molar-refractivity contribution in [3.63, 3.8) is 0 Å². The summed E-state index contributed by atoms with van der Waals surface area (Å²) in [7, 11) is 1.54. The van der Waals surface area contributed by atoms with Gasteiger partial charge in [0, 0.05) is 29.3 Å². The third-order valence-electron chi connectivity index (χ3n) is 4.13. The highest BCUT2D eigenvalue weighted by Gasteiger charge is 2.21. The van der Waals surface area contributed by atoms with Crippen LogP contribution in [0.3, 0.4) is 0 Å². The van der Waals surface area contributed by atoms with Crippen LogP contribution in [0.2, 0.25) is 0 Å². The largest absolute Gasteiger partial charge is 0.489 e. The molecule has 0 spiro atoms. The highest BCUT2D eigenvalue weighted by atomic mass is 32.1. The van der Waals surface area contributed by atoms with Gasteiger partial charge >= 0.3 is 0 Å². The molecular formula is C21H21FN2O4S. The van der Waals surface area contributed by atoms with Gasteiger partial charge in [-0.15, -0.1) is 11.3 Å². The van der Waals surface area contributed by atoms with Crippen LogP contribution in [0, 0.1) is 5.82 Å². The van der Waals surface area contributed by atoms with Crippen LogP contribution in [-0.2, 0) is 16.1 Å². The highest BCUT2D eigenvalue weighted by Crippen LogP contribution is 2.34. The molecule has 2 amide bonds. The van der Waals surface area contributed by atoms with Crippen LogP contribution in [0.5, 0.6) is 5.75 Å². The summed E-state index contributed by atoms with van der Waals surface area (Å²) in [5.74, 6) is -0.572. The average Bonchev–Trinajstić information content (AvgIpc) is 3.11. The number of hydrogen-bond donors (Lipinski definition) is 2. The van der Waals surface area contributed by atoms with Gasteiger partial charge in [0.2, 0.25) is 5.91 Å². The lowest BCUT2D eigenvalue weighted by molar-refractivity contribution is -0.120. The molecule has 8 heteroatoms. The summed E-state index contributed by atoms with van der Waals surface area (Å²) in [5.41, 5.74) is 0.462. The molecule has 0 atom stereocenters. The number of thiophene rings is 1. The number of ether oxygens (including phenoxy) is 2. The summed E-state index contributed by atoms with van der Waals surface area (Å²) in [5, 5.41) is 5.58. The Bertz CT molecular complexity index is 991. The molecule has 1 aromatic heterocycles. The van der Waals surface area contributed by atoms with Crippen LogP contribution in [0.25, 0.3) is 10.1 Å². The molecule has 0 saturated carbocycles. The highest BCUT2D eigenvalue weighted by molar-refractivity contribution is 7.21. The predicted octanol–water partition coefficient (Wildman–Crippen LogP) is 3.11. The summed E-state index contributed by atoms with van der Waals surface area (Å²) in [6.45, 7) is 0.595. The van der Waals surface area contributed by atoms with Crippen molar-refractivity contribution < 1.29 is 23.5 Å². The molecule has 3 aromatic rings. The Balaban J connectivity index is 1.78. The molecule has 0 unspecified atom stereocenters. The minimum atomic E-state index is -0.445. The maximum Gasteiger partial charge on any atom is 0.262 e. The second-order valence-electron chi connectivity index (χ2n) is 6.15. The summed E-state index contributed by atoms with van der Waals surface area (Å²) < 4.78 is 25.7. The number of halogens is 1. The predicted molar refractivity (Wildman–Crippen MR) is 110 cm³/mol. The Morgan fingerprint density at radius 1 is 1.07 bits per heavy atom. The van der Waals surface area contributed by atoms with Gasteiger partial charge in [-0.25, -0.2) is 4.39 Å². The monoisotopic (exact) mass is 416 g/mol.